The lowest BCUT2D eigenvalue weighted by Gasteiger charge is -2.21. The molecule has 0 saturated carbocycles. The molecule has 1 saturated heterocycles. The molecule has 0 amide bonds. The maximum absolute atomic E-state index is 13.4. The minimum atomic E-state index is -3.60. The third-order valence-electron chi connectivity index (χ3n) is 4.30. The summed E-state index contributed by atoms with van der Waals surface area (Å²) < 4.78 is 40.5. The summed E-state index contributed by atoms with van der Waals surface area (Å²) in [5.41, 5.74) is 5.81. The van der Waals surface area contributed by atoms with Gasteiger partial charge in [-0.1, -0.05) is 13.3 Å². The highest BCUT2D eigenvalue weighted by Gasteiger charge is 2.29. The number of nitrogen functional groups attached to an aromatic ring is 1. The molecule has 0 aromatic heterocycles. The Morgan fingerprint density at radius 1 is 1.33 bits per heavy atom. The zero-order valence-electron chi connectivity index (χ0n) is 12.6. The molecule has 0 spiro atoms. The molecular weight excluding hydrogens is 291 g/mol. The molecule has 2 rings (SSSR count). The summed E-state index contributed by atoms with van der Waals surface area (Å²) in [4.78, 5) is 0.122. The fraction of sp³-hybridized carbons (Fsp3) is 0.600. The molecule has 1 aliphatic rings. The summed E-state index contributed by atoms with van der Waals surface area (Å²) in [6.45, 7) is 4.79. The molecule has 1 aliphatic heterocycles. The van der Waals surface area contributed by atoms with Gasteiger partial charge in [0.2, 0.25) is 10.0 Å². The first-order valence-electron chi connectivity index (χ1n) is 7.42. The van der Waals surface area contributed by atoms with Gasteiger partial charge in [-0.2, -0.15) is 4.31 Å². The van der Waals surface area contributed by atoms with E-state index in [2.05, 4.69) is 6.92 Å². The van der Waals surface area contributed by atoms with E-state index in [9.17, 15) is 12.8 Å². The van der Waals surface area contributed by atoms with Crippen LogP contribution in [0, 0.1) is 18.7 Å². The van der Waals surface area contributed by atoms with Gasteiger partial charge < -0.3 is 5.73 Å². The van der Waals surface area contributed by atoms with E-state index in [-0.39, 0.29) is 10.6 Å². The second-order valence-corrected chi connectivity index (χ2v) is 7.65. The van der Waals surface area contributed by atoms with Gasteiger partial charge in [0.1, 0.15) is 5.82 Å². The van der Waals surface area contributed by atoms with Gasteiger partial charge in [0.05, 0.1) is 10.6 Å². The maximum atomic E-state index is 13.4. The van der Waals surface area contributed by atoms with E-state index in [0.717, 1.165) is 25.7 Å². The zero-order chi connectivity index (χ0) is 15.6. The predicted molar refractivity (Wildman–Crippen MR) is 81.9 cm³/mol. The molecule has 0 radical (unpaired) electrons. The van der Waals surface area contributed by atoms with Crippen molar-refractivity contribution in [2.24, 2.45) is 5.92 Å². The number of anilines is 1. The van der Waals surface area contributed by atoms with E-state index in [4.69, 9.17) is 5.73 Å². The Morgan fingerprint density at radius 3 is 2.71 bits per heavy atom. The van der Waals surface area contributed by atoms with Crippen molar-refractivity contribution in [2.75, 3.05) is 18.8 Å². The Kier molecular flexibility index (Phi) is 4.88. The first-order valence-corrected chi connectivity index (χ1v) is 8.86. The fourth-order valence-electron chi connectivity index (χ4n) is 2.87. The van der Waals surface area contributed by atoms with Crippen LogP contribution in [0.25, 0.3) is 0 Å². The Labute approximate surface area is 126 Å². The second-order valence-electron chi connectivity index (χ2n) is 5.75. The first kappa shape index (κ1) is 16.2. The zero-order valence-corrected chi connectivity index (χ0v) is 13.4. The Hall–Kier alpha value is -1.14. The third kappa shape index (κ3) is 3.37. The van der Waals surface area contributed by atoms with Gasteiger partial charge in [-0.15, -0.1) is 0 Å². The van der Waals surface area contributed by atoms with Crippen molar-refractivity contribution in [2.45, 2.75) is 44.4 Å². The Bertz CT molecular complexity index is 616. The smallest absolute Gasteiger partial charge is 0.243 e. The number of nitrogens with two attached hydrogens (primary N) is 1. The van der Waals surface area contributed by atoms with Crippen LogP contribution in [-0.2, 0) is 10.0 Å². The Balaban J connectivity index is 2.32. The highest BCUT2D eigenvalue weighted by molar-refractivity contribution is 7.89. The van der Waals surface area contributed by atoms with E-state index in [1.165, 1.54) is 16.4 Å². The van der Waals surface area contributed by atoms with Crippen LogP contribution >= 0.6 is 0 Å². The normalized spacial score (nSPS) is 21.2. The number of benzene rings is 1. The van der Waals surface area contributed by atoms with Gasteiger partial charge in [-0.05, 0) is 49.8 Å². The van der Waals surface area contributed by atoms with Crippen molar-refractivity contribution in [1.29, 1.82) is 0 Å². The van der Waals surface area contributed by atoms with Crippen LogP contribution in [0.3, 0.4) is 0 Å². The molecule has 1 atom stereocenters. The number of rotatable bonds is 3. The van der Waals surface area contributed by atoms with Crippen LogP contribution in [0.2, 0.25) is 0 Å². The van der Waals surface area contributed by atoms with E-state index < -0.39 is 15.8 Å². The summed E-state index contributed by atoms with van der Waals surface area (Å²) in [6.07, 6.45) is 3.89. The van der Waals surface area contributed by atoms with Gasteiger partial charge in [0.15, 0.2) is 0 Å². The lowest BCUT2D eigenvalue weighted by molar-refractivity contribution is 0.407. The number of sulfonamides is 1. The molecule has 0 bridgehead atoms. The van der Waals surface area contributed by atoms with E-state index in [0.29, 0.717) is 24.6 Å². The van der Waals surface area contributed by atoms with Crippen molar-refractivity contribution >= 4 is 15.7 Å². The highest BCUT2D eigenvalue weighted by Crippen LogP contribution is 2.28. The largest absolute Gasteiger partial charge is 0.396 e. The number of hydrogen-bond donors (Lipinski definition) is 1. The summed E-state index contributed by atoms with van der Waals surface area (Å²) in [5, 5.41) is 0. The minimum absolute atomic E-state index is 0.122. The SMILES string of the molecule is CCC1CCCN(S(=O)(=O)c2cc(N)c(F)cc2C)CC1. The molecule has 4 nitrogen and oxygen atoms in total. The summed E-state index contributed by atoms with van der Waals surface area (Å²) in [6, 6.07) is 2.43. The van der Waals surface area contributed by atoms with Crippen LogP contribution in [0.15, 0.2) is 17.0 Å². The summed E-state index contributed by atoms with van der Waals surface area (Å²) in [5.74, 6) is 0.0120. The molecule has 1 aromatic carbocycles. The standard InChI is InChI=1S/C15H23FN2O2S/c1-3-12-5-4-7-18(8-6-12)21(19,20)15-10-14(17)13(16)9-11(15)2/h9-10,12H,3-8,17H2,1-2H3. The van der Waals surface area contributed by atoms with Gasteiger partial charge >= 0.3 is 0 Å². The molecule has 1 unspecified atom stereocenters. The average molecular weight is 314 g/mol. The average Bonchev–Trinajstić information content (AvgIpc) is 2.68. The van der Waals surface area contributed by atoms with E-state index >= 15 is 0 Å². The monoisotopic (exact) mass is 314 g/mol. The maximum Gasteiger partial charge on any atom is 0.243 e. The Morgan fingerprint density at radius 2 is 2.05 bits per heavy atom. The second kappa shape index (κ2) is 6.32. The number of nitrogens with zero attached hydrogens (tertiary/aromatic N) is 1. The van der Waals surface area contributed by atoms with Gasteiger partial charge in [-0.25, -0.2) is 12.8 Å². The predicted octanol–water partition coefficient (Wildman–Crippen LogP) is 2.92. The molecule has 6 heteroatoms. The number of aryl methyl sites for hydroxylation is 1. The van der Waals surface area contributed by atoms with Crippen molar-refractivity contribution < 1.29 is 12.8 Å². The number of halogens is 1. The van der Waals surface area contributed by atoms with E-state index in [1.807, 2.05) is 0 Å². The molecule has 21 heavy (non-hydrogen) atoms. The van der Waals surface area contributed by atoms with Crippen LogP contribution in [0.5, 0.6) is 0 Å². The molecule has 0 aliphatic carbocycles. The first-order chi connectivity index (χ1) is 9.86. The lowest BCUT2D eigenvalue weighted by Crippen LogP contribution is -2.32. The van der Waals surface area contributed by atoms with E-state index in [1.54, 1.807) is 6.92 Å². The molecule has 118 valence electrons. The van der Waals surface area contributed by atoms with Gasteiger partial charge in [-0.3, -0.25) is 0 Å². The molecule has 1 aromatic rings. The van der Waals surface area contributed by atoms with Crippen LogP contribution in [-0.4, -0.2) is 25.8 Å². The molecule has 1 fully saturated rings. The van der Waals surface area contributed by atoms with Gasteiger partial charge in [0, 0.05) is 13.1 Å². The summed E-state index contributed by atoms with van der Waals surface area (Å²) in [7, 11) is -3.60. The fourth-order valence-corrected chi connectivity index (χ4v) is 4.61. The third-order valence-corrected chi connectivity index (χ3v) is 6.34. The lowest BCUT2D eigenvalue weighted by atomic mass is 9.98. The van der Waals surface area contributed by atoms with Crippen molar-refractivity contribution in [3.05, 3.63) is 23.5 Å². The van der Waals surface area contributed by atoms with Crippen LogP contribution < -0.4 is 5.73 Å². The van der Waals surface area contributed by atoms with Crippen molar-refractivity contribution in [1.82, 2.24) is 4.31 Å². The van der Waals surface area contributed by atoms with Crippen LogP contribution in [0.1, 0.15) is 38.2 Å². The molecule has 2 N–H and O–H groups in total. The van der Waals surface area contributed by atoms with Crippen molar-refractivity contribution in [3.8, 4) is 0 Å². The summed E-state index contributed by atoms with van der Waals surface area (Å²) >= 11 is 0. The quantitative estimate of drug-likeness (QED) is 0.873. The highest BCUT2D eigenvalue weighted by atomic mass is 32.2. The van der Waals surface area contributed by atoms with Gasteiger partial charge in [0.25, 0.3) is 0 Å². The number of hydrogen-bond acceptors (Lipinski definition) is 3. The molecular formula is C15H23FN2O2S. The topological polar surface area (TPSA) is 63.4 Å². The van der Waals surface area contributed by atoms with Crippen molar-refractivity contribution in [3.63, 3.8) is 0 Å². The minimum Gasteiger partial charge on any atom is -0.396 e. The molecule has 1 heterocycles. The van der Waals surface area contributed by atoms with Crippen LogP contribution in [0.4, 0.5) is 10.1 Å².